The Morgan fingerprint density at radius 3 is 3.00 bits per heavy atom. The van der Waals surface area contributed by atoms with E-state index in [1.165, 1.54) is 5.56 Å². The highest BCUT2D eigenvalue weighted by atomic mass is 16.2. The number of nitrogens with one attached hydrogen (secondary N) is 2. The molecular weight excluding hydrogens is 304 g/mol. The van der Waals surface area contributed by atoms with Crippen LogP contribution < -0.4 is 10.6 Å². The smallest absolute Gasteiger partial charge is 0.314 e. The molecule has 24 heavy (non-hydrogen) atoms. The lowest BCUT2D eigenvalue weighted by molar-refractivity contribution is 0.233. The number of likely N-dealkylation sites (tertiary alicyclic amines) is 1. The van der Waals surface area contributed by atoms with E-state index in [0.29, 0.717) is 31.6 Å². The van der Waals surface area contributed by atoms with Gasteiger partial charge in [0.05, 0.1) is 6.54 Å². The Balaban J connectivity index is 1.45. The fourth-order valence-corrected chi connectivity index (χ4v) is 3.32. The van der Waals surface area contributed by atoms with Crippen molar-refractivity contribution in [1.29, 1.82) is 0 Å². The molecule has 2 amide bonds. The minimum absolute atomic E-state index is 0.123. The molecule has 1 aliphatic rings. The molecule has 2 aromatic heterocycles. The van der Waals surface area contributed by atoms with Gasteiger partial charge in [-0.1, -0.05) is 6.07 Å². The lowest BCUT2D eigenvalue weighted by atomic mass is 9.95. The number of hydrogen-bond donors (Lipinski definition) is 2. The maximum atomic E-state index is 12.0. The first-order chi connectivity index (χ1) is 11.7. The van der Waals surface area contributed by atoms with Gasteiger partial charge in [0, 0.05) is 43.9 Å². The van der Waals surface area contributed by atoms with Crippen molar-refractivity contribution in [2.24, 2.45) is 5.92 Å². The van der Waals surface area contributed by atoms with Crippen molar-refractivity contribution in [2.75, 3.05) is 26.7 Å². The normalized spacial score (nSPS) is 20.9. The summed E-state index contributed by atoms with van der Waals surface area (Å²) >= 11 is 0. The summed E-state index contributed by atoms with van der Waals surface area (Å²) < 4.78 is 1.80. The van der Waals surface area contributed by atoms with Gasteiger partial charge in [-0.05, 0) is 43.6 Å². The maximum Gasteiger partial charge on any atom is 0.314 e. The van der Waals surface area contributed by atoms with Crippen LogP contribution in [0.4, 0.5) is 4.79 Å². The monoisotopic (exact) mass is 328 g/mol. The van der Waals surface area contributed by atoms with Crippen LogP contribution in [0, 0.1) is 5.92 Å². The lowest BCUT2D eigenvalue weighted by Crippen LogP contribution is -2.40. The quantitative estimate of drug-likeness (QED) is 0.837. The van der Waals surface area contributed by atoms with Crippen molar-refractivity contribution in [2.45, 2.75) is 19.0 Å². The third-order valence-electron chi connectivity index (χ3n) is 4.51. The van der Waals surface area contributed by atoms with Crippen LogP contribution in [-0.2, 0) is 6.54 Å². The number of rotatable bonds is 6. The van der Waals surface area contributed by atoms with Crippen molar-refractivity contribution < 1.29 is 4.79 Å². The predicted octanol–water partition coefficient (Wildman–Crippen LogP) is 1.27. The Labute approximate surface area is 142 Å². The van der Waals surface area contributed by atoms with Gasteiger partial charge in [0.25, 0.3) is 0 Å². The molecule has 1 fully saturated rings. The molecule has 3 heterocycles. The first kappa shape index (κ1) is 16.4. The SMILES string of the molecule is CN1CC[C@@H](CNC(=O)NCCn2cccn2)[C@@H]1c1cccnc1. The maximum absolute atomic E-state index is 12.0. The van der Waals surface area contributed by atoms with Crippen LogP contribution in [0.2, 0.25) is 0 Å². The highest BCUT2D eigenvalue weighted by molar-refractivity contribution is 5.73. The highest BCUT2D eigenvalue weighted by Gasteiger charge is 2.33. The van der Waals surface area contributed by atoms with Gasteiger partial charge in [0.2, 0.25) is 0 Å². The van der Waals surface area contributed by atoms with E-state index in [2.05, 4.69) is 38.7 Å². The molecule has 0 unspecified atom stereocenters. The van der Waals surface area contributed by atoms with E-state index < -0.39 is 0 Å². The van der Waals surface area contributed by atoms with Gasteiger partial charge in [0.15, 0.2) is 0 Å². The highest BCUT2D eigenvalue weighted by Crippen LogP contribution is 2.35. The fraction of sp³-hybridized carbons (Fsp3) is 0.471. The van der Waals surface area contributed by atoms with Crippen LogP contribution in [0.5, 0.6) is 0 Å². The molecule has 2 aromatic rings. The minimum atomic E-state index is -0.123. The molecule has 3 rings (SSSR count). The van der Waals surface area contributed by atoms with E-state index in [1.807, 2.05) is 24.5 Å². The second-order valence-electron chi connectivity index (χ2n) is 6.17. The van der Waals surface area contributed by atoms with Gasteiger partial charge in [-0.3, -0.25) is 14.6 Å². The van der Waals surface area contributed by atoms with Crippen LogP contribution in [-0.4, -0.2) is 52.4 Å². The standard InChI is InChI=1S/C17H24N6O/c1-22-10-5-15(16(22)14-4-2-6-18-12-14)13-20-17(24)19-8-11-23-9-3-7-21-23/h2-4,6-7,9,12,15-16H,5,8,10-11,13H2,1H3,(H2,19,20,24)/t15-,16-/m0/s1. The largest absolute Gasteiger partial charge is 0.338 e. The molecule has 0 spiro atoms. The minimum Gasteiger partial charge on any atom is -0.338 e. The first-order valence-corrected chi connectivity index (χ1v) is 8.33. The number of pyridine rings is 1. The summed E-state index contributed by atoms with van der Waals surface area (Å²) in [7, 11) is 2.13. The Morgan fingerprint density at radius 2 is 2.25 bits per heavy atom. The summed E-state index contributed by atoms with van der Waals surface area (Å²) in [4.78, 5) is 18.5. The number of carbonyl (C=O) groups is 1. The van der Waals surface area contributed by atoms with E-state index in [4.69, 9.17) is 0 Å². The second kappa shape index (κ2) is 7.92. The number of nitrogens with zero attached hydrogens (tertiary/aromatic N) is 4. The molecule has 0 bridgehead atoms. The Bertz CT molecular complexity index is 630. The van der Waals surface area contributed by atoms with Crippen LogP contribution in [0.25, 0.3) is 0 Å². The van der Waals surface area contributed by atoms with Gasteiger partial charge in [-0.15, -0.1) is 0 Å². The van der Waals surface area contributed by atoms with Gasteiger partial charge in [-0.2, -0.15) is 5.10 Å². The summed E-state index contributed by atoms with van der Waals surface area (Å²) in [5.74, 6) is 0.399. The Hall–Kier alpha value is -2.41. The number of aromatic nitrogens is 3. The topological polar surface area (TPSA) is 75.1 Å². The summed E-state index contributed by atoms with van der Waals surface area (Å²) in [5.41, 5.74) is 1.21. The number of amides is 2. The zero-order chi connectivity index (χ0) is 16.8. The molecule has 1 saturated heterocycles. The van der Waals surface area contributed by atoms with Crippen molar-refractivity contribution >= 4 is 6.03 Å². The summed E-state index contributed by atoms with van der Waals surface area (Å²) in [6, 6.07) is 6.13. The fourth-order valence-electron chi connectivity index (χ4n) is 3.32. The molecule has 7 heteroatoms. The summed E-state index contributed by atoms with van der Waals surface area (Å²) in [6.07, 6.45) is 8.40. The third-order valence-corrected chi connectivity index (χ3v) is 4.51. The number of hydrogen-bond acceptors (Lipinski definition) is 4. The van der Waals surface area contributed by atoms with E-state index >= 15 is 0 Å². The molecule has 0 aromatic carbocycles. The van der Waals surface area contributed by atoms with E-state index in [9.17, 15) is 4.79 Å². The Morgan fingerprint density at radius 1 is 1.33 bits per heavy atom. The van der Waals surface area contributed by atoms with Crippen LogP contribution in [0.3, 0.4) is 0 Å². The number of carbonyl (C=O) groups excluding carboxylic acids is 1. The molecular formula is C17H24N6O. The average molecular weight is 328 g/mol. The molecule has 2 N–H and O–H groups in total. The van der Waals surface area contributed by atoms with E-state index in [1.54, 1.807) is 17.1 Å². The van der Waals surface area contributed by atoms with Crippen molar-refractivity contribution in [3.8, 4) is 0 Å². The van der Waals surface area contributed by atoms with Crippen molar-refractivity contribution in [3.05, 3.63) is 48.5 Å². The second-order valence-corrected chi connectivity index (χ2v) is 6.17. The number of urea groups is 1. The lowest BCUT2D eigenvalue weighted by Gasteiger charge is -2.25. The molecule has 0 radical (unpaired) electrons. The molecule has 7 nitrogen and oxygen atoms in total. The van der Waals surface area contributed by atoms with Crippen molar-refractivity contribution in [1.82, 2.24) is 30.3 Å². The van der Waals surface area contributed by atoms with Crippen LogP contribution in [0.1, 0.15) is 18.0 Å². The summed E-state index contributed by atoms with van der Waals surface area (Å²) in [6.45, 7) is 2.93. The van der Waals surface area contributed by atoms with E-state index in [-0.39, 0.29) is 6.03 Å². The molecule has 2 atom stereocenters. The van der Waals surface area contributed by atoms with Crippen LogP contribution >= 0.6 is 0 Å². The van der Waals surface area contributed by atoms with Gasteiger partial charge < -0.3 is 10.6 Å². The Kier molecular flexibility index (Phi) is 5.43. The summed E-state index contributed by atoms with van der Waals surface area (Å²) in [5, 5.41) is 9.98. The van der Waals surface area contributed by atoms with Crippen LogP contribution in [0.15, 0.2) is 43.0 Å². The van der Waals surface area contributed by atoms with Gasteiger partial charge in [-0.25, -0.2) is 4.79 Å². The molecule has 1 aliphatic heterocycles. The molecule has 0 saturated carbocycles. The van der Waals surface area contributed by atoms with E-state index in [0.717, 1.165) is 13.0 Å². The van der Waals surface area contributed by atoms with Gasteiger partial charge >= 0.3 is 6.03 Å². The average Bonchev–Trinajstić information content (AvgIpc) is 3.23. The zero-order valence-corrected chi connectivity index (χ0v) is 13.9. The zero-order valence-electron chi connectivity index (χ0n) is 13.9. The first-order valence-electron chi connectivity index (χ1n) is 8.33. The van der Waals surface area contributed by atoms with Gasteiger partial charge in [0.1, 0.15) is 0 Å². The molecule has 0 aliphatic carbocycles. The third kappa shape index (κ3) is 4.11. The molecule has 128 valence electrons. The predicted molar refractivity (Wildman–Crippen MR) is 91.3 cm³/mol. The van der Waals surface area contributed by atoms with Crippen molar-refractivity contribution in [3.63, 3.8) is 0 Å².